The van der Waals surface area contributed by atoms with E-state index in [1.54, 1.807) is 23.0 Å². The molecule has 1 aromatic carbocycles. The standard InChI is InChI=1S/C19H21N5O/c1-3-24-15(2)17(13-20-24)9-10-19(25)21-18-11-12-23(22-18)14-16-7-5-4-6-8-16/h4-13H,3,14H2,1-2H3,(H,21,22,25)/b10-9+. The molecular formula is C19H21N5O. The summed E-state index contributed by atoms with van der Waals surface area (Å²) in [5.74, 6) is 0.320. The summed E-state index contributed by atoms with van der Waals surface area (Å²) in [6.07, 6.45) is 6.88. The van der Waals surface area contributed by atoms with Gasteiger partial charge in [0.1, 0.15) is 0 Å². The molecule has 25 heavy (non-hydrogen) atoms. The minimum atomic E-state index is -0.214. The first-order valence-electron chi connectivity index (χ1n) is 8.24. The van der Waals surface area contributed by atoms with Crippen molar-refractivity contribution in [3.05, 3.63) is 71.7 Å². The number of carbonyl (C=O) groups excluding carboxylic acids is 1. The second-order valence-electron chi connectivity index (χ2n) is 5.71. The third kappa shape index (κ3) is 4.23. The van der Waals surface area contributed by atoms with Crippen molar-refractivity contribution in [1.82, 2.24) is 19.6 Å². The van der Waals surface area contributed by atoms with E-state index in [-0.39, 0.29) is 5.91 Å². The number of rotatable bonds is 6. The van der Waals surface area contributed by atoms with E-state index in [1.165, 1.54) is 6.08 Å². The fraction of sp³-hybridized carbons (Fsp3) is 0.211. The number of amides is 1. The first kappa shape index (κ1) is 16.7. The average molecular weight is 335 g/mol. The molecule has 0 fully saturated rings. The predicted molar refractivity (Wildman–Crippen MR) is 98.1 cm³/mol. The van der Waals surface area contributed by atoms with Crippen LogP contribution in [-0.2, 0) is 17.9 Å². The van der Waals surface area contributed by atoms with Gasteiger partial charge in [0.15, 0.2) is 5.82 Å². The quantitative estimate of drug-likeness (QED) is 0.704. The Labute approximate surface area is 146 Å². The van der Waals surface area contributed by atoms with Crippen LogP contribution in [0.1, 0.15) is 23.7 Å². The van der Waals surface area contributed by atoms with Crippen LogP contribution in [0.2, 0.25) is 0 Å². The van der Waals surface area contributed by atoms with Gasteiger partial charge in [-0.15, -0.1) is 0 Å². The van der Waals surface area contributed by atoms with Crippen LogP contribution >= 0.6 is 0 Å². The molecule has 1 N–H and O–H groups in total. The van der Waals surface area contributed by atoms with Gasteiger partial charge in [0.25, 0.3) is 0 Å². The molecule has 1 amide bonds. The fourth-order valence-corrected chi connectivity index (χ4v) is 2.56. The summed E-state index contributed by atoms with van der Waals surface area (Å²) < 4.78 is 3.69. The van der Waals surface area contributed by atoms with Gasteiger partial charge in [0, 0.05) is 36.1 Å². The van der Waals surface area contributed by atoms with E-state index in [2.05, 4.69) is 15.5 Å². The van der Waals surface area contributed by atoms with Gasteiger partial charge in [-0.05, 0) is 25.5 Å². The Kier molecular flexibility index (Phi) is 5.09. The van der Waals surface area contributed by atoms with Gasteiger partial charge >= 0.3 is 0 Å². The summed E-state index contributed by atoms with van der Waals surface area (Å²) in [7, 11) is 0. The predicted octanol–water partition coefficient (Wildman–Crippen LogP) is 3.11. The topological polar surface area (TPSA) is 64.7 Å². The molecule has 0 aliphatic heterocycles. The lowest BCUT2D eigenvalue weighted by Gasteiger charge is -2.01. The third-order valence-electron chi connectivity index (χ3n) is 3.93. The number of hydrogen-bond acceptors (Lipinski definition) is 3. The van der Waals surface area contributed by atoms with Gasteiger partial charge in [0.2, 0.25) is 5.91 Å². The van der Waals surface area contributed by atoms with E-state index < -0.39 is 0 Å². The van der Waals surface area contributed by atoms with E-state index in [9.17, 15) is 4.79 Å². The van der Waals surface area contributed by atoms with Crippen LogP contribution in [0.3, 0.4) is 0 Å². The maximum atomic E-state index is 12.1. The number of aromatic nitrogens is 4. The minimum absolute atomic E-state index is 0.214. The highest BCUT2D eigenvalue weighted by Gasteiger charge is 2.05. The zero-order chi connectivity index (χ0) is 17.6. The lowest BCUT2D eigenvalue weighted by atomic mass is 10.2. The normalized spacial score (nSPS) is 11.1. The molecule has 0 atom stereocenters. The van der Waals surface area contributed by atoms with Crippen molar-refractivity contribution in [1.29, 1.82) is 0 Å². The Bertz CT molecular complexity index is 876. The summed E-state index contributed by atoms with van der Waals surface area (Å²) in [6, 6.07) is 11.8. The van der Waals surface area contributed by atoms with E-state index in [0.29, 0.717) is 12.4 Å². The van der Waals surface area contributed by atoms with Crippen LogP contribution in [0.5, 0.6) is 0 Å². The molecule has 0 aliphatic rings. The Hall–Kier alpha value is -3.15. The monoisotopic (exact) mass is 335 g/mol. The van der Waals surface area contributed by atoms with Crippen molar-refractivity contribution in [3.8, 4) is 0 Å². The van der Waals surface area contributed by atoms with Crippen LogP contribution in [0, 0.1) is 6.92 Å². The molecule has 2 aromatic heterocycles. The minimum Gasteiger partial charge on any atom is -0.306 e. The SMILES string of the molecule is CCn1ncc(/C=C/C(=O)Nc2ccn(Cc3ccccc3)n2)c1C. The van der Waals surface area contributed by atoms with Crippen LogP contribution in [0.25, 0.3) is 6.08 Å². The lowest BCUT2D eigenvalue weighted by Crippen LogP contribution is -2.09. The van der Waals surface area contributed by atoms with E-state index in [0.717, 1.165) is 23.4 Å². The maximum absolute atomic E-state index is 12.1. The van der Waals surface area contributed by atoms with Gasteiger partial charge in [-0.1, -0.05) is 30.3 Å². The Morgan fingerprint density at radius 2 is 2.04 bits per heavy atom. The highest BCUT2D eigenvalue weighted by atomic mass is 16.1. The molecule has 6 nitrogen and oxygen atoms in total. The number of nitrogens with zero attached hydrogens (tertiary/aromatic N) is 4. The summed E-state index contributed by atoms with van der Waals surface area (Å²) in [6.45, 7) is 5.50. The maximum Gasteiger partial charge on any atom is 0.249 e. The summed E-state index contributed by atoms with van der Waals surface area (Å²) in [5.41, 5.74) is 3.14. The lowest BCUT2D eigenvalue weighted by molar-refractivity contribution is -0.111. The van der Waals surface area contributed by atoms with E-state index in [4.69, 9.17) is 0 Å². The van der Waals surface area contributed by atoms with Crippen LogP contribution < -0.4 is 5.32 Å². The molecule has 0 bridgehead atoms. The highest BCUT2D eigenvalue weighted by Crippen LogP contribution is 2.10. The zero-order valence-electron chi connectivity index (χ0n) is 14.4. The second kappa shape index (κ2) is 7.61. The average Bonchev–Trinajstić information content (AvgIpc) is 3.20. The Morgan fingerprint density at radius 1 is 1.24 bits per heavy atom. The number of nitrogens with one attached hydrogen (secondary N) is 1. The van der Waals surface area contributed by atoms with Gasteiger partial charge < -0.3 is 5.32 Å². The Balaban J connectivity index is 1.59. The van der Waals surface area contributed by atoms with Crippen LogP contribution in [0.4, 0.5) is 5.82 Å². The number of hydrogen-bond donors (Lipinski definition) is 1. The molecule has 0 saturated carbocycles. The van der Waals surface area contributed by atoms with Crippen molar-refractivity contribution >= 4 is 17.8 Å². The van der Waals surface area contributed by atoms with Gasteiger partial charge in [-0.3, -0.25) is 14.2 Å². The third-order valence-corrected chi connectivity index (χ3v) is 3.93. The van der Waals surface area contributed by atoms with Crippen molar-refractivity contribution in [3.63, 3.8) is 0 Å². The molecule has 0 unspecified atom stereocenters. The zero-order valence-corrected chi connectivity index (χ0v) is 14.4. The highest BCUT2D eigenvalue weighted by molar-refractivity contribution is 6.01. The molecule has 0 aliphatic carbocycles. The van der Waals surface area contributed by atoms with Crippen molar-refractivity contribution in [2.75, 3.05) is 5.32 Å². The van der Waals surface area contributed by atoms with E-state index >= 15 is 0 Å². The first-order valence-corrected chi connectivity index (χ1v) is 8.24. The molecule has 3 rings (SSSR count). The summed E-state index contributed by atoms with van der Waals surface area (Å²) in [4.78, 5) is 12.1. The van der Waals surface area contributed by atoms with Gasteiger partial charge in [-0.2, -0.15) is 10.2 Å². The molecule has 2 heterocycles. The molecule has 128 valence electrons. The van der Waals surface area contributed by atoms with Crippen molar-refractivity contribution in [2.24, 2.45) is 0 Å². The van der Waals surface area contributed by atoms with Crippen molar-refractivity contribution < 1.29 is 4.79 Å². The number of aryl methyl sites for hydroxylation is 1. The summed E-state index contributed by atoms with van der Waals surface area (Å²) >= 11 is 0. The van der Waals surface area contributed by atoms with Gasteiger partial charge in [-0.25, -0.2) is 0 Å². The van der Waals surface area contributed by atoms with Crippen LogP contribution in [-0.4, -0.2) is 25.5 Å². The molecule has 3 aromatic rings. The smallest absolute Gasteiger partial charge is 0.249 e. The summed E-state index contributed by atoms with van der Waals surface area (Å²) in [5, 5.41) is 11.4. The Morgan fingerprint density at radius 3 is 2.76 bits per heavy atom. The number of carbonyl (C=O) groups is 1. The molecule has 6 heteroatoms. The fourth-order valence-electron chi connectivity index (χ4n) is 2.56. The second-order valence-corrected chi connectivity index (χ2v) is 5.71. The van der Waals surface area contributed by atoms with E-state index in [1.807, 2.05) is 55.1 Å². The van der Waals surface area contributed by atoms with Crippen molar-refractivity contribution in [2.45, 2.75) is 26.9 Å². The van der Waals surface area contributed by atoms with Gasteiger partial charge in [0.05, 0.1) is 12.7 Å². The van der Waals surface area contributed by atoms with Crippen LogP contribution in [0.15, 0.2) is 54.9 Å². The number of anilines is 1. The first-order chi connectivity index (χ1) is 12.2. The number of benzene rings is 1. The molecule has 0 spiro atoms. The molecule has 0 radical (unpaired) electrons. The molecular weight excluding hydrogens is 314 g/mol. The largest absolute Gasteiger partial charge is 0.306 e. The molecule has 0 saturated heterocycles.